The summed E-state index contributed by atoms with van der Waals surface area (Å²) in [6.45, 7) is 6.48. The first kappa shape index (κ1) is 16.2. The van der Waals surface area contributed by atoms with Crippen LogP contribution >= 0.6 is 12.2 Å². The number of hydrogen-bond acceptors (Lipinski definition) is 3. The van der Waals surface area contributed by atoms with Gasteiger partial charge in [0.05, 0.1) is 6.61 Å². The summed E-state index contributed by atoms with van der Waals surface area (Å²) < 4.78 is 5.35. The largest absolute Gasteiger partial charge is 0.494 e. The summed E-state index contributed by atoms with van der Waals surface area (Å²) in [4.78, 5) is 11.6. The Morgan fingerprint density at radius 1 is 1.35 bits per heavy atom. The number of hydrogen-bond donors (Lipinski definition) is 2. The smallest absolute Gasteiger partial charge is 0.250 e. The SMILES string of the molecule is CCOc1ccc(/C=C/C(=O)NC(=S)NC(C)C)cc1. The zero-order chi connectivity index (χ0) is 15.0. The first-order valence-electron chi connectivity index (χ1n) is 6.53. The van der Waals surface area contributed by atoms with Crippen molar-refractivity contribution in [2.75, 3.05) is 6.61 Å². The number of carbonyl (C=O) groups excluding carboxylic acids is 1. The van der Waals surface area contributed by atoms with Crippen LogP contribution in [0.4, 0.5) is 0 Å². The zero-order valence-electron chi connectivity index (χ0n) is 12.0. The summed E-state index contributed by atoms with van der Waals surface area (Å²) >= 11 is 4.99. The molecule has 4 nitrogen and oxygen atoms in total. The Morgan fingerprint density at radius 3 is 2.55 bits per heavy atom. The fourth-order valence-electron chi connectivity index (χ4n) is 1.47. The van der Waals surface area contributed by atoms with Crippen molar-refractivity contribution in [2.45, 2.75) is 26.8 Å². The molecule has 2 N–H and O–H groups in total. The minimum atomic E-state index is -0.253. The summed E-state index contributed by atoms with van der Waals surface area (Å²) in [5.41, 5.74) is 0.923. The highest BCUT2D eigenvalue weighted by atomic mass is 32.1. The van der Waals surface area contributed by atoms with Gasteiger partial charge < -0.3 is 10.1 Å². The Balaban J connectivity index is 2.50. The molecule has 0 aliphatic rings. The lowest BCUT2D eigenvalue weighted by Gasteiger charge is -2.10. The van der Waals surface area contributed by atoms with E-state index in [1.807, 2.05) is 45.0 Å². The van der Waals surface area contributed by atoms with Gasteiger partial charge in [0.25, 0.3) is 0 Å². The van der Waals surface area contributed by atoms with E-state index in [1.165, 1.54) is 6.08 Å². The number of ether oxygens (including phenoxy) is 1. The third kappa shape index (κ3) is 6.33. The second kappa shape index (κ2) is 8.32. The van der Waals surface area contributed by atoms with Crippen LogP contribution in [-0.4, -0.2) is 23.7 Å². The summed E-state index contributed by atoms with van der Waals surface area (Å²) in [7, 11) is 0. The molecule has 0 saturated carbocycles. The maximum Gasteiger partial charge on any atom is 0.250 e. The Labute approximate surface area is 125 Å². The van der Waals surface area contributed by atoms with E-state index in [2.05, 4.69) is 10.6 Å². The minimum absolute atomic E-state index is 0.192. The molecule has 0 aliphatic heterocycles. The molecule has 0 atom stereocenters. The van der Waals surface area contributed by atoms with Crippen LogP contribution in [0.3, 0.4) is 0 Å². The van der Waals surface area contributed by atoms with E-state index in [9.17, 15) is 4.79 Å². The maximum atomic E-state index is 11.6. The van der Waals surface area contributed by atoms with Crippen LogP contribution in [0.2, 0.25) is 0 Å². The lowest BCUT2D eigenvalue weighted by molar-refractivity contribution is -0.115. The van der Waals surface area contributed by atoms with E-state index in [4.69, 9.17) is 17.0 Å². The van der Waals surface area contributed by atoms with Crippen LogP contribution in [0, 0.1) is 0 Å². The van der Waals surface area contributed by atoms with Crippen molar-refractivity contribution in [3.63, 3.8) is 0 Å². The molecule has 20 heavy (non-hydrogen) atoms. The maximum absolute atomic E-state index is 11.6. The molecule has 0 fully saturated rings. The molecule has 1 aromatic rings. The van der Waals surface area contributed by atoms with E-state index in [0.29, 0.717) is 11.7 Å². The standard InChI is InChI=1S/C15H20N2O2S/c1-4-19-13-8-5-12(6-9-13)7-10-14(18)17-15(20)16-11(2)3/h5-11H,4H2,1-3H3,(H2,16,17,18,20)/b10-7+. The summed E-state index contributed by atoms with van der Waals surface area (Å²) in [5.74, 6) is 0.563. The van der Waals surface area contributed by atoms with Crippen LogP contribution in [0.5, 0.6) is 5.75 Å². The Morgan fingerprint density at radius 2 is 2.00 bits per heavy atom. The van der Waals surface area contributed by atoms with Crippen LogP contribution in [-0.2, 0) is 4.79 Å². The molecular formula is C15H20N2O2S. The number of amides is 1. The fraction of sp³-hybridized carbons (Fsp3) is 0.333. The Bertz CT molecular complexity index is 481. The van der Waals surface area contributed by atoms with Crippen molar-refractivity contribution in [3.05, 3.63) is 35.9 Å². The fourth-order valence-corrected chi connectivity index (χ4v) is 1.80. The molecule has 0 heterocycles. The average molecular weight is 292 g/mol. The van der Waals surface area contributed by atoms with Gasteiger partial charge in [-0.2, -0.15) is 0 Å². The Kier molecular flexibility index (Phi) is 6.73. The van der Waals surface area contributed by atoms with Gasteiger partial charge in [0.15, 0.2) is 5.11 Å². The van der Waals surface area contributed by atoms with Gasteiger partial charge >= 0.3 is 0 Å². The predicted molar refractivity (Wildman–Crippen MR) is 85.7 cm³/mol. The molecule has 1 amide bonds. The number of rotatable bonds is 5. The van der Waals surface area contributed by atoms with E-state index < -0.39 is 0 Å². The first-order valence-corrected chi connectivity index (χ1v) is 6.94. The highest BCUT2D eigenvalue weighted by Crippen LogP contribution is 2.12. The predicted octanol–water partition coefficient (Wildman–Crippen LogP) is 2.50. The third-order valence-electron chi connectivity index (χ3n) is 2.27. The monoisotopic (exact) mass is 292 g/mol. The molecular weight excluding hydrogens is 272 g/mol. The van der Waals surface area contributed by atoms with E-state index >= 15 is 0 Å². The molecule has 0 saturated heterocycles. The van der Waals surface area contributed by atoms with E-state index in [0.717, 1.165) is 11.3 Å². The topological polar surface area (TPSA) is 50.4 Å². The van der Waals surface area contributed by atoms with Crippen LogP contribution in [0.15, 0.2) is 30.3 Å². The molecule has 0 radical (unpaired) electrons. The van der Waals surface area contributed by atoms with Crippen molar-refractivity contribution < 1.29 is 9.53 Å². The quantitative estimate of drug-likeness (QED) is 0.647. The van der Waals surface area contributed by atoms with Gasteiger partial charge in [0.1, 0.15) is 5.75 Å². The minimum Gasteiger partial charge on any atom is -0.494 e. The third-order valence-corrected chi connectivity index (χ3v) is 2.49. The molecule has 0 unspecified atom stereocenters. The van der Waals surface area contributed by atoms with Gasteiger partial charge in [0, 0.05) is 12.1 Å². The van der Waals surface area contributed by atoms with Crippen LogP contribution in [0.1, 0.15) is 26.3 Å². The van der Waals surface area contributed by atoms with E-state index in [-0.39, 0.29) is 11.9 Å². The Hall–Kier alpha value is -1.88. The van der Waals surface area contributed by atoms with Gasteiger partial charge in [-0.05, 0) is 56.8 Å². The first-order chi connectivity index (χ1) is 9.51. The highest BCUT2D eigenvalue weighted by Gasteiger charge is 2.01. The summed E-state index contributed by atoms with van der Waals surface area (Å²) in [5, 5.41) is 5.86. The molecule has 1 aromatic carbocycles. The van der Waals surface area contributed by atoms with Crippen molar-refractivity contribution in [3.8, 4) is 5.75 Å². The normalized spacial score (nSPS) is 10.6. The lowest BCUT2D eigenvalue weighted by atomic mass is 10.2. The van der Waals surface area contributed by atoms with Gasteiger partial charge in [-0.25, -0.2) is 0 Å². The number of nitrogens with one attached hydrogen (secondary N) is 2. The van der Waals surface area contributed by atoms with Crippen molar-refractivity contribution in [1.82, 2.24) is 10.6 Å². The van der Waals surface area contributed by atoms with Crippen LogP contribution in [0.25, 0.3) is 6.08 Å². The summed E-state index contributed by atoms with van der Waals surface area (Å²) in [6, 6.07) is 7.70. The van der Waals surface area contributed by atoms with Gasteiger partial charge in [-0.15, -0.1) is 0 Å². The number of carbonyl (C=O) groups is 1. The molecule has 0 aromatic heterocycles. The summed E-state index contributed by atoms with van der Waals surface area (Å²) in [6.07, 6.45) is 3.17. The average Bonchev–Trinajstić information content (AvgIpc) is 2.37. The molecule has 108 valence electrons. The number of benzene rings is 1. The van der Waals surface area contributed by atoms with Gasteiger partial charge in [0.2, 0.25) is 5.91 Å². The van der Waals surface area contributed by atoms with Crippen LogP contribution < -0.4 is 15.4 Å². The second-order valence-corrected chi connectivity index (χ2v) is 4.86. The van der Waals surface area contributed by atoms with Gasteiger partial charge in [-0.1, -0.05) is 12.1 Å². The zero-order valence-corrected chi connectivity index (χ0v) is 12.8. The lowest BCUT2D eigenvalue weighted by Crippen LogP contribution is -2.41. The van der Waals surface area contributed by atoms with Gasteiger partial charge in [-0.3, -0.25) is 10.1 Å². The molecule has 5 heteroatoms. The van der Waals surface area contributed by atoms with Crippen molar-refractivity contribution >= 4 is 29.3 Å². The molecule has 0 aliphatic carbocycles. The second-order valence-electron chi connectivity index (χ2n) is 4.45. The highest BCUT2D eigenvalue weighted by molar-refractivity contribution is 7.80. The van der Waals surface area contributed by atoms with Crippen molar-refractivity contribution in [2.24, 2.45) is 0 Å². The van der Waals surface area contributed by atoms with E-state index in [1.54, 1.807) is 6.08 Å². The molecule has 1 rings (SSSR count). The molecule has 0 bridgehead atoms. The molecule has 0 spiro atoms. The van der Waals surface area contributed by atoms with Crippen molar-refractivity contribution in [1.29, 1.82) is 0 Å². The number of thiocarbonyl (C=S) groups is 1.